The van der Waals surface area contributed by atoms with Crippen LogP contribution in [-0.2, 0) is 4.79 Å². The molecule has 0 bridgehead atoms. The molecular formula is C20H16ClN7OS2. The van der Waals surface area contributed by atoms with Crippen LogP contribution in [0.15, 0.2) is 63.5 Å². The molecule has 2 aromatic heterocycles. The van der Waals surface area contributed by atoms with Crippen molar-refractivity contribution in [1.82, 2.24) is 25.1 Å². The molecule has 0 atom stereocenters. The number of halogens is 1. The Morgan fingerprint density at radius 1 is 1.16 bits per heavy atom. The normalized spacial score (nSPS) is 12.5. The molecule has 0 unspecified atom stereocenters. The average Bonchev–Trinajstić information content (AvgIpc) is 3.35. The first kappa shape index (κ1) is 20.0. The third-order valence-corrected chi connectivity index (χ3v) is 6.95. The molecule has 3 heterocycles. The average molecular weight is 470 g/mol. The molecule has 4 aromatic rings. The Hall–Kier alpha value is -2.95. The Morgan fingerprint density at radius 2 is 1.97 bits per heavy atom. The summed E-state index contributed by atoms with van der Waals surface area (Å²) in [4.78, 5) is 17.0. The molecule has 1 aliphatic heterocycles. The lowest BCUT2D eigenvalue weighted by Crippen LogP contribution is -2.30. The number of nitrogens with two attached hydrogens (primary N) is 1. The molecule has 2 aromatic carbocycles. The summed E-state index contributed by atoms with van der Waals surface area (Å²) in [5, 5.41) is 16.2. The van der Waals surface area contributed by atoms with Crippen LogP contribution in [0.4, 0.5) is 11.4 Å². The molecule has 1 amide bonds. The van der Waals surface area contributed by atoms with Crippen molar-refractivity contribution in [3.63, 3.8) is 0 Å². The van der Waals surface area contributed by atoms with Crippen molar-refractivity contribution in [3.8, 4) is 11.5 Å². The summed E-state index contributed by atoms with van der Waals surface area (Å²) in [6, 6.07) is 15.2. The van der Waals surface area contributed by atoms with Crippen LogP contribution in [0.3, 0.4) is 0 Å². The predicted molar refractivity (Wildman–Crippen MR) is 122 cm³/mol. The number of aromatic amines is 1. The maximum Gasteiger partial charge on any atom is 0.242 e. The molecule has 156 valence electrons. The number of carbonyl (C=O) groups is 1. The molecule has 0 spiro atoms. The van der Waals surface area contributed by atoms with Gasteiger partial charge < -0.3 is 5.84 Å². The number of rotatable bonds is 4. The second kappa shape index (κ2) is 7.95. The van der Waals surface area contributed by atoms with E-state index in [0.29, 0.717) is 21.7 Å². The molecule has 5 rings (SSSR count). The number of thioether (sulfide) groups is 1. The summed E-state index contributed by atoms with van der Waals surface area (Å²) in [5.74, 6) is 6.60. The third-order valence-electron chi connectivity index (χ3n) is 4.66. The fourth-order valence-corrected chi connectivity index (χ4v) is 5.18. The maximum atomic E-state index is 13.3. The topological polar surface area (TPSA) is 106 Å². The molecule has 11 heteroatoms. The molecule has 8 nitrogen and oxygen atoms in total. The Kier molecular flexibility index (Phi) is 5.12. The number of nitrogen functional groups attached to an aromatic ring is 1. The van der Waals surface area contributed by atoms with E-state index in [1.54, 1.807) is 16.7 Å². The molecule has 0 aliphatic carbocycles. The molecular weight excluding hydrogens is 454 g/mol. The van der Waals surface area contributed by atoms with Gasteiger partial charge in [-0.05, 0) is 43.3 Å². The number of aryl methyl sites for hydroxylation is 1. The zero-order valence-corrected chi connectivity index (χ0v) is 18.6. The number of carbonyl (C=O) groups excluding carboxylic acids is 1. The minimum atomic E-state index is -0.110. The summed E-state index contributed by atoms with van der Waals surface area (Å²) in [6.45, 7) is 1.89. The first-order valence-corrected chi connectivity index (χ1v) is 11.4. The van der Waals surface area contributed by atoms with Gasteiger partial charge in [0.25, 0.3) is 0 Å². The Morgan fingerprint density at radius 3 is 2.77 bits per heavy atom. The number of fused-ring (bicyclic) bond motifs is 2. The number of benzene rings is 2. The van der Waals surface area contributed by atoms with Gasteiger partial charge in [-0.25, -0.2) is 4.68 Å². The van der Waals surface area contributed by atoms with Crippen LogP contribution in [0.1, 0.15) is 5.69 Å². The van der Waals surface area contributed by atoms with E-state index in [1.165, 1.54) is 16.4 Å². The van der Waals surface area contributed by atoms with Gasteiger partial charge in [-0.3, -0.25) is 14.8 Å². The molecule has 1 aliphatic rings. The van der Waals surface area contributed by atoms with Gasteiger partial charge in [0.2, 0.25) is 16.9 Å². The summed E-state index contributed by atoms with van der Waals surface area (Å²) in [7, 11) is 0. The number of nitrogens with one attached hydrogen (secondary N) is 1. The maximum absolute atomic E-state index is 13.3. The Labute approximate surface area is 191 Å². The third kappa shape index (κ3) is 3.67. The largest absolute Gasteiger partial charge is 0.335 e. The number of H-pyrrole nitrogens is 1. The van der Waals surface area contributed by atoms with Crippen molar-refractivity contribution < 1.29 is 4.79 Å². The monoisotopic (exact) mass is 469 g/mol. The van der Waals surface area contributed by atoms with Crippen LogP contribution in [0.5, 0.6) is 0 Å². The van der Waals surface area contributed by atoms with Crippen LogP contribution < -0.4 is 10.7 Å². The van der Waals surface area contributed by atoms with Gasteiger partial charge in [0.15, 0.2) is 0 Å². The van der Waals surface area contributed by atoms with E-state index in [9.17, 15) is 4.79 Å². The second-order valence-corrected chi connectivity index (χ2v) is 9.27. The van der Waals surface area contributed by atoms with Crippen LogP contribution in [0.2, 0.25) is 5.02 Å². The highest BCUT2D eigenvalue weighted by Crippen LogP contribution is 2.49. The van der Waals surface area contributed by atoms with Gasteiger partial charge in [-0.15, -0.1) is 10.2 Å². The summed E-state index contributed by atoms with van der Waals surface area (Å²) in [5.41, 5.74) is 3.08. The van der Waals surface area contributed by atoms with Gasteiger partial charge in [0.05, 0.1) is 17.1 Å². The van der Waals surface area contributed by atoms with Gasteiger partial charge in [-0.1, -0.05) is 47.3 Å². The number of para-hydroxylation sites is 1. The minimum Gasteiger partial charge on any atom is -0.335 e. The summed E-state index contributed by atoms with van der Waals surface area (Å²) in [6.07, 6.45) is 0. The van der Waals surface area contributed by atoms with Crippen molar-refractivity contribution in [2.24, 2.45) is 0 Å². The zero-order valence-electron chi connectivity index (χ0n) is 16.2. The van der Waals surface area contributed by atoms with Crippen molar-refractivity contribution in [2.45, 2.75) is 21.9 Å². The first-order valence-electron chi connectivity index (χ1n) is 9.26. The Balaban J connectivity index is 1.42. The number of hydrogen-bond donors (Lipinski definition) is 2. The first-order chi connectivity index (χ1) is 15.0. The zero-order chi connectivity index (χ0) is 21.5. The van der Waals surface area contributed by atoms with Gasteiger partial charge in [-0.2, -0.15) is 5.10 Å². The highest BCUT2D eigenvalue weighted by molar-refractivity contribution is 8.00. The SMILES string of the molecule is Cc1cc(-c2nnc(SCC(=O)N3c4ccccc4Sc4ccc(Cl)cc43)n2N)n[nH]1. The van der Waals surface area contributed by atoms with E-state index in [4.69, 9.17) is 17.4 Å². The van der Waals surface area contributed by atoms with E-state index in [2.05, 4.69) is 20.4 Å². The summed E-state index contributed by atoms with van der Waals surface area (Å²) < 4.78 is 1.35. The number of anilines is 2. The molecule has 3 N–H and O–H groups in total. The van der Waals surface area contributed by atoms with E-state index < -0.39 is 0 Å². The quantitative estimate of drug-likeness (QED) is 0.339. The number of hydrogen-bond acceptors (Lipinski definition) is 7. The highest BCUT2D eigenvalue weighted by atomic mass is 35.5. The smallest absolute Gasteiger partial charge is 0.242 e. The fraction of sp³-hybridized carbons (Fsp3) is 0.100. The lowest BCUT2D eigenvalue weighted by Gasteiger charge is -2.31. The van der Waals surface area contributed by atoms with Crippen LogP contribution in [0.25, 0.3) is 11.5 Å². The molecule has 0 radical (unpaired) electrons. The lowest BCUT2D eigenvalue weighted by atomic mass is 10.2. The number of nitrogens with zero attached hydrogens (tertiary/aromatic N) is 5. The van der Waals surface area contributed by atoms with E-state index in [-0.39, 0.29) is 11.7 Å². The molecule has 0 saturated heterocycles. The van der Waals surface area contributed by atoms with Crippen molar-refractivity contribution in [1.29, 1.82) is 0 Å². The van der Waals surface area contributed by atoms with Crippen LogP contribution in [0, 0.1) is 6.92 Å². The van der Waals surface area contributed by atoms with Gasteiger partial charge in [0, 0.05) is 20.5 Å². The standard InChI is InChI=1S/C20H16ClN7OS2/c1-11-8-13(24-23-11)19-25-26-20(28(19)22)30-10-18(29)27-14-4-2-3-5-16(14)31-17-7-6-12(21)9-15(17)27/h2-9H,10,22H2,1H3,(H,23,24). The van der Waals surface area contributed by atoms with Crippen molar-refractivity contribution in [2.75, 3.05) is 16.5 Å². The second-order valence-electron chi connectivity index (χ2n) is 6.81. The molecule has 0 fully saturated rings. The van der Waals surface area contributed by atoms with Gasteiger partial charge in [0.1, 0.15) is 5.69 Å². The van der Waals surface area contributed by atoms with E-state index in [0.717, 1.165) is 26.9 Å². The van der Waals surface area contributed by atoms with Gasteiger partial charge >= 0.3 is 0 Å². The van der Waals surface area contributed by atoms with E-state index in [1.807, 2.05) is 55.5 Å². The highest BCUT2D eigenvalue weighted by Gasteiger charge is 2.29. The fourth-order valence-electron chi connectivity index (χ4n) is 3.27. The number of amides is 1. The number of aromatic nitrogens is 5. The minimum absolute atomic E-state index is 0.110. The molecule has 31 heavy (non-hydrogen) atoms. The van der Waals surface area contributed by atoms with Crippen molar-refractivity contribution in [3.05, 3.63) is 59.2 Å². The van der Waals surface area contributed by atoms with Crippen LogP contribution >= 0.6 is 35.1 Å². The predicted octanol–water partition coefficient (Wildman–Crippen LogP) is 4.27. The summed E-state index contributed by atoms with van der Waals surface area (Å²) >= 11 is 9.07. The Bertz CT molecular complexity index is 1300. The lowest BCUT2D eigenvalue weighted by molar-refractivity contribution is -0.115. The van der Waals surface area contributed by atoms with E-state index >= 15 is 0 Å². The van der Waals surface area contributed by atoms with Crippen molar-refractivity contribution >= 4 is 52.4 Å². The van der Waals surface area contributed by atoms with Crippen LogP contribution in [-0.4, -0.2) is 36.7 Å². The molecule has 0 saturated carbocycles.